The van der Waals surface area contributed by atoms with Crippen molar-refractivity contribution >= 4 is 29.5 Å². The summed E-state index contributed by atoms with van der Waals surface area (Å²) in [5.74, 6) is 0.0631. The summed E-state index contributed by atoms with van der Waals surface area (Å²) in [4.78, 5) is 40.0. The SMILES string of the molecule is CCCCC(=O)N1CSCC1C(=O)N1CCC(COC)(C(=O)O)C1. The highest BCUT2D eigenvalue weighted by Crippen LogP contribution is 2.33. The first-order valence-corrected chi connectivity index (χ1v) is 9.49. The number of unbranched alkanes of at least 4 members (excludes halogenated alkanes) is 1. The molecule has 24 heavy (non-hydrogen) atoms. The van der Waals surface area contributed by atoms with Gasteiger partial charge in [-0.1, -0.05) is 13.3 Å². The molecule has 0 spiro atoms. The molecule has 0 aliphatic carbocycles. The molecule has 7 nitrogen and oxygen atoms in total. The van der Waals surface area contributed by atoms with Crippen molar-refractivity contribution in [3.63, 3.8) is 0 Å². The molecule has 2 atom stereocenters. The van der Waals surface area contributed by atoms with Gasteiger partial charge in [-0.15, -0.1) is 11.8 Å². The Kier molecular flexibility index (Phi) is 6.51. The van der Waals surface area contributed by atoms with Crippen molar-refractivity contribution in [3.05, 3.63) is 0 Å². The molecule has 2 heterocycles. The molecule has 0 aromatic carbocycles. The number of nitrogens with zero attached hydrogens (tertiary/aromatic N) is 2. The first kappa shape index (κ1) is 19.1. The van der Waals surface area contributed by atoms with Crippen LogP contribution < -0.4 is 0 Å². The van der Waals surface area contributed by atoms with E-state index in [9.17, 15) is 19.5 Å². The van der Waals surface area contributed by atoms with Crippen LogP contribution in [0.3, 0.4) is 0 Å². The fourth-order valence-corrected chi connectivity index (χ4v) is 4.44. The van der Waals surface area contributed by atoms with Crippen molar-refractivity contribution in [2.24, 2.45) is 5.41 Å². The average Bonchev–Trinajstić information content (AvgIpc) is 3.20. The number of hydrogen-bond donors (Lipinski definition) is 1. The summed E-state index contributed by atoms with van der Waals surface area (Å²) >= 11 is 1.57. The van der Waals surface area contributed by atoms with E-state index in [1.165, 1.54) is 7.11 Å². The lowest BCUT2D eigenvalue weighted by Crippen LogP contribution is -2.49. The number of carboxylic acids is 1. The number of rotatable bonds is 7. The number of amides is 2. The second kappa shape index (κ2) is 8.20. The molecule has 2 amide bonds. The lowest BCUT2D eigenvalue weighted by atomic mass is 9.88. The Balaban J connectivity index is 2.03. The Bertz CT molecular complexity index is 501. The molecule has 2 aliphatic rings. The molecular formula is C16H26N2O5S. The molecule has 2 saturated heterocycles. The van der Waals surface area contributed by atoms with Crippen LogP contribution in [0.25, 0.3) is 0 Å². The minimum Gasteiger partial charge on any atom is -0.481 e. The van der Waals surface area contributed by atoms with Gasteiger partial charge in [-0.25, -0.2) is 0 Å². The topological polar surface area (TPSA) is 87.2 Å². The third-order valence-corrected chi connectivity index (χ3v) is 5.78. The van der Waals surface area contributed by atoms with Crippen LogP contribution in [-0.4, -0.2) is 77.2 Å². The molecule has 0 radical (unpaired) electrons. The predicted molar refractivity (Wildman–Crippen MR) is 90.6 cm³/mol. The molecule has 2 rings (SSSR count). The molecule has 136 valence electrons. The van der Waals surface area contributed by atoms with Gasteiger partial charge in [0.05, 0.1) is 12.5 Å². The molecular weight excluding hydrogens is 332 g/mol. The molecule has 2 unspecified atom stereocenters. The summed E-state index contributed by atoms with van der Waals surface area (Å²) in [6.45, 7) is 2.66. The van der Waals surface area contributed by atoms with E-state index in [2.05, 4.69) is 0 Å². The van der Waals surface area contributed by atoms with Gasteiger partial charge in [0, 0.05) is 32.4 Å². The lowest BCUT2D eigenvalue weighted by molar-refractivity contribution is -0.152. The Labute approximate surface area is 146 Å². The number of likely N-dealkylation sites (tertiary alicyclic amines) is 1. The van der Waals surface area contributed by atoms with Gasteiger partial charge < -0.3 is 19.6 Å². The predicted octanol–water partition coefficient (Wildman–Crippen LogP) is 1.03. The second-order valence-electron chi connectivity index (χ2n) is 6.51. The van der Waals surface area contributed by atoms with E-state index >= 15 is 0 Å². The fourth-order valence-electron chi connectivity index (χ4n) is 3.27. The van der Waals surface area contributed by atoms with Gasteiger partial charge in [0.25, 0.3) is 0 Å². The maximum atomic E-state index is 12.8. The summed E-state index contributed by atoms with van der Waals surface area (Å²) in [5, 5.41) is 9.51. The monoisotopic (exact) mass is 358 g/mol. The van der Waals surface area contributed by atoms with Crippen molar-refractivity contribution in [1.29, 1.82) is 0 Å². The Hall–Kier alpha value is -1.28. The third-order valence-electron chi connectivity index (χ3n) is 4.77. The van der Waals surface area contributed by atoms with E-state index in [0.29, 0.717) is 31.0 Å². The first-order chi connectivity index (χ1) is 11.4. The number of hydrogen-bond acceptors (Lipinski definition) is 5. The van der Waals surface area contributed by atoms with Crippen LogP contribution in [0.5, 0.6) is 0 Å². The van der Waals surface area contributed by atoms with E-state index in [4.69, 9.17) is 4.74 Å². The van der Waals surface area contributed by atoms with Crippen LogP contribution in [0.2, 0.25) is 0 Å². The van der Waals surface area contributed by atoms with Crippen molar-refractivity contribution in [1.82, 2.24) is 9.80 Å². The minimum absolute atomic E-state index is 0.0146. The summed E-state index contributed by atoms with van der Waals surface area (Å²) in [6, 6.07) is -0.466. The van der Waals surface area contributed by atoms with Crippen LogP contribution >= 0.6 is 11.8 Å². The van der Waals surface area contributed by atoms with Gasteiger partial charge in [-0.2, -0.15) is 0 Å². The van der Waals surface area contributed by atoms with Crippen LogP contribution in [0.15, 0.2) is 0 Å². The van der Waals surface area contributed by atoms with Crippen molar-refractivity contribution in [3.8, 4) is 0 Å². The largest absolute Gasteiger partial charge is 0.481 e. The zero-order valence-electron chi connectivity index (χ0n) is 14.3. The molecule has 8 heteroatoms. The Morgan fingerprint density at radius 3 is 2.75 bits per heavy atom. The zero-order chi connectivity index (χ0) is 17.7. The lowest BCUT2D eigenvalue weighted by Gasteiger charge is -2.28. The first-order valence-electron chi connectivity index (χ1n) is 8.33. The second-order valence-corrected chi connectivity index (χ2v) is 7.51. The van der Waals surface area contributed by atoms with E-state index < -0.39 is 17.4 Å². The van der Waals surface area contributed by atoms with E-state index in [0.717, 1.165) is 12.8 Å². The highest BCUT2D eigenvalue weighted by atomic mass is 32.2. The minimum atomic E-state index is -1.03. The number of carbonyl (C=O) groups is 3. The highest BCUT2D eigenvalue weighted by molar-refractivity contribution is 7.99. The molecule has 0 bridgehead atoms. The summed E-state index contributed by atoms with van der Waals surface area (Å²) in [7, 11) is 1.47. The van der Waals surface area contributed by atoms with E-state index in [1.807, 2.05) is 6.92 Å². The Morgan fingerprint density at radius 2 is 2.12 bits per heavy atom. The molecule has 0 aromatic rings. The van der Waals surface area contributed by atoms with E-state index in [-0.39, 0.29) is 25.0 Å². The summed E-state index contributed by atoms with van der Waals surface area (Å²) in [6.07, 6.45) is 2.60. The number of ether oxygens (including phenoxy) is 1. The van der Waals surface area contributed by atoms with Crippen LogP contribution in [-0.2, 0) is 19.1 Å². The average molecular weight is 358 g/mol. The van der Waals surface area contributed by atoms with Gasteiger partial charge >= 0.3 is 5.97 Å². The number of thioether (sulfide) groups is 1. The van der Waals surface area contributed by atoms with Crippen LogP contribution in [0, 0.1) is 5.41 Å². The molecule has 1 N–H and O–H groups in total. The van der Waals surface area contributed by atoms with Crippen LogP contribution in [0.4, 0.5) is 0 Å². The molecule has 2 fully saturated rings. The van der Waals surface area contributed by atoms with Gasteiger partial charge in [-0.05, 0) is 12.8 Å². The standard InChI is InChI=1S/C16H26N2O5S/c1-3-4-5-13(19)18-11-24-8-12(18)14(20)17-7-6-16(9-17,10-23-2)15(21)22/h12H,3-11H2,1-2H3,(H,21,22). The van der Waals surface area contributed by atoms with Crippen molar-refractivity contribution in [2.75, 3.05) is 38.4 Å². The van der Waals surface area contributed by atoms with Gasteiger partial charge in [0.15, 0.2) is 0 Å². The zero-order valence-corrected chi connectivity index (χ0v) is 15.1. The number of carbonyl (C=O) groups excluding carboxylic acids is 2. The van der Waals surface area contributed by atoms with Gasteiger partial charge in [0.2, 0.25) is 11.8 Å². The number of aliphatic carboxylic acids is 1. The quantitative estimate of drug-likeness (QED) is 0.731. The summed E-state index contributed by atoms with van der Waals surface area (Å²) in [5.41, 5.74) is -1.03. The van der Waals surface area contributed by atoms with Gasteiger partial charge in [0.1, 0.15) is 11.5 Å². The molecule has 0 saturated carbocycles. The molecule has 2 aliphatic heterocycles. The number of methoxy groups -OCH3 is 1. The van der Waals surface area contributed by atoms with Crippen molar-refractivity contribution in [2.45, 2.75) is 38.6 Å². The number of carboxylic acid groups (broad SMARTS) is 1. The fraction of sp³-hybridized carbons (Fsp3) is 0.812. The highest BCUT2D eigenvalue weighted by Gasteiger charge is 2.48. The van der Waals surface area contributed by atoms with Gasteiger partial charge in [-0.3, -0.25) is 14.4 Å². The third kappa shape index (κ3) is 3.85. The van der Waals surface area contributed by atoms with Crippen molar-refractivity contribution < 1.29 is 24.2 Å². The molecule has 0 aromatic heterocycles. The maximum Gasteiger partial charge on any atom is 0.313 e. The van der Waals surface area contributed by atoms with Crippen LogP contribution in [0.1, 0.15) is 32.6 Å². The maximum absolute atomic E-state index is 12.8. The smallest absolute Gasteiger partial charge is 0.313 e. The summed E-state index contributed by atoms with van der Waals surface area (Å²) < 4.78 is 5.06. The Morgan fingerprint density at radius 1 is 1.38 bits per heavy atom. The van der Waals surface area contributed by atoms with E-state index in [1.54, 1.807) is 21.6 Å². The normalized spacial score (nSPS) is 26.8.